The van der Waals surface area contributed by atoms with Crippen molar-refractivity contribution in [2.24, 2.45) is 5.92 Å². The Hall–Kier alpha value is -0.930. The Morgan fingerprint density at radius 1 is 1.39 bits per heavy atom. The van der Waals surface area contributed by atoms with Crippen molar-refractivity contribution in [2.75, 3.05) is 13.7 Å². The summed E-state index contributed by atoms with van der Waals surface area (Å²) in [7, 11) is 1.61. The van der Waals surface area contributed by atoms with E-state index < -0.39 is 5.60 Å². The Bertz CT molecular complexity index is 464. The van der Waals surface area contributed by atoms with Gasteiger partial charge in [-0.15, -0.1) is 0 Å². The van der Waals surface area contributed by atoms with Crippen molar-refractivity contribution in [3.8, 4) is 11.5 Å². The van der Waals surface area contributed by atoms with Crippen LogP contribution in [0.15, 0.2) is 12.1 Å². The molecule has 0 radical (unpaired) electrons. The second kappa shape index (κ2) is 4.32. The monoisotopic (exact) mass is 268 g/mol. The minimum atomic E-state index is -0.815. The molecule has 4 heteroatoms. The van der Waals surface area contributed by atoms with Gasteiger partial charge < -0.3 is 14.6 Å². The first kappa shape index (κ1) is 12.1. The molecule has 0 spiro atoms. The Morgan fingerprint density at radius 2 is 2.11 bits per heavy atom. The minimum absolute atomic E-state index is 0.557. The summed E-state index contributed by atoms with van der Waals surface area (Å²) in [4.78, 5) is 0. The molecule has 1 aromatic rings. The SMILES string of the molecule is COc1ccc(Cl)c(C2(O)CC2)c1OCC1CC1. The molecule has 0 saturated heterocycles. The number of aliphatic hydroxyl groups is 1. The lowest BCUT2D eigenvalue weighted by atomic mass is 10.1. The first-order valence-corrected chi connectivity index (χ1v) is 6.74. The van der Waals surface area contributed by atoms with E-state index in [9.17, 15) is 5.11 Å². The number of methoxy groups -OCH3 is 1. The molecular formula is C14H17ClO3. The third-order valence-electron chi connectivity index (χ3n) is 3.64. The van der Waals surface area contributed by atoms with Crippen molar-refractivity contribution in [1.82, 2.24) is 0 Å². The standard InChI is InChI=1S/C14H17ClO3/c1-17-11-5-4-10(15)12(14(16)6-7-14)13(11)18-8-9-2-3-9/h4-5,9,16H,2-3,6-8H2,1H3. The maximum absolute atomic E-state index is 10.3. The normalized spacial score (nSPS) is 20.6. The number of halogens is 1. The second-order valence-electron chi connectivity index (χ2n) is 5.24. The maximum Gasteiger partial charge on any atom is 0.168 e. The first-order chi connectivity index (χ1) is 8.64. The number of rotatable bonds is 5. The molecule has 2 aliphatic carbocycles. The Labute approximate surface area is 112 Å². The van der Waals surface area contributed by atoms with E-state index in [1.54, 1.807) is 19.2 Å². The Morgan fingerprint density at radius 3 is 2.67 bits per heavy atom. The van der Waals surface area contributed by atoms with Crippen LogP contribution in [-0.2, 0) is 5.60 Å². The van der Waals surface area contributed by atoms with E-state index in [0.717, 1.165) is 12.8 Å². The summed E-state index contributed by atoms with van der Waals surface area (Å²) in [5.74, 6) is 1.92. The number of ether oxygens (including phenoxy) is 2. The molecule has 1 N–H and O–H groups in total. The summed E-state index contributed by atoms with van der Waals surface area (Å²) >= 11 is 6.22. The smallest absolute Gasteiger partial charge is 0.168 e. The highest BCUT2D eigenvalue weighted by Gasteiger charge is 2.46. The molecule has 3 rings (SSSR count). The van der Waals surface area contributed by atoms with Crippen LogP contribution in [0.4, 0.5) is 0 Å². The fraction of sp³-hybridized carbons (Fsp3) is 0.571. The highest BCUT2D eigenvalue weighted by atomic mass is 35.5. The van der Waals surface area contributed by atoms with Gasteiger partial charge in [0.2, 0.25) is 0 Å². The van der Waals surface area contributed by atoms with E-state index in [4.69, 9.17) is 21.1 Å². The van der Waals surface area contributed by atoms with E-state index in [-0.39, 0.29) is 0 Å². The molecule has 0 aromatic heterocycles. The third-order valence-corrected chi connectivity index (χ3v) is 3.95. The van der Waals surface area contributed by atoms with Gasteiger partial charge in [-0.3, -0.25) is 0 Å². The Balaban J connectivity index is 1.96. The van der Waals surface area contributed by atoms with Gasteiger partial charge in [-0.25, -0.2) is 0 Å². The molecule has 2 aliphatic rings. The number of hydrogen-bond acceptors (Lipinski definition) is 3. The highest BCUT2D eigenvalue weighted by Crippen LogP contribution is 2.54. The summed E-state index contributed by atoms with van der Waals surface area (Å²) in [6.45, 7) is 0.680. The summed E-state index contributed by atoms with van der Waals surface area (Å²) in [5, 5.41) is 10.9. The van der Waals surface area contributed by atoms with Crippen LogP contribution >= 0.6 is 11.6 Å². The summed E-state index contributed by atoms with van der Waals surface area (Å²) in [5.41, 5.74) is -0.117. The average Bonchev–Trinajstić information content (AvgIpc) is 3.24. The van der Waals surface area contributed by atoms with Gasteiger partial charge >= 0.3 is 0 Å². The van der Waals surface area contributed by atoms with Crippen LogP contribution in [0.2, 0.25) is 5.02 Å². The average molecular weight is 269 g/mol. The lowest BCUT2D eigenvalue weighted by Crippen LogP contribution is -2.11. The molecule has 0 aliphatic heterocycles. The zero-order valence-corrected chi connectivity index (χ0v) is 11.2. The first-order valence-electron chi connectivity index (χ1n) is 6.36. The van der Waals surface area contributed by atoms with Crippen LogP contribution in [0.25, 0.3) is 0 Å². The lowest BCUT2D eigenvalue weighted by Gasteiger charge is -2.19. The highest BCUT2D eigenvalue weighted by molar-refractivity contribution is 6.31. The molecule has 0 heterocycles. The maximum atomic E-state index is 10.3. The van der Waals surface area contributed by atoms with E-state index in [0.29, 0.717) is 34.6 Å². The van der Waals surface area contributed by atoms with Gasteiger partial charge in [0.1, 0.15) is 0 Å². The third kappa shape index (κ3) is 2.17. The van der Waals surface area contributed by atoms with Crippen LogP contribution in [-0.4, -0.2) is 18.8 Å². The molecule has 0 amide bonds. The molecular weight excluding hydrogens is 252 g/mol. The molecule has 18 heavy (non-hydrogen) atoms. The fourth-order valence-corrected chi connectivity index (χ4v) is 2.46. The largest absolute Gasteiger partial charge is 0.493 e. The molecule has 1 aromatic carbocycles. The van der Waals surface area contributed by atoms with Crippen molar-refractivity contribution in [2.45, 2.75) is 31.3 Å². The van der Waals surface area contributed by atoms with Crippen LogP contribution < -0.4 is 9.47 Å². The van der Waals surface area contributed by atoms with Gasteiger partial charge in [-0.2, -0.15) is 0 Å². The summed E-state index contributed by atoms with van der Waals surface area (Å²) in [6, 6.07) is 3.55. The van der Waals surface area contributed by atoms with Crippen molar-refractivity contribution in [1.29, 1.82) is 0 Å². The van der Waals surface area contributed by atoms with Gasteiger partial charge in [0.15, 0.2) is 11.5 Å². The summed E-state index contributed by atoms with van der Waals surface area (Å²) in [6.07, 6.45) is 3.92. The van der Waals surface area contributed by atoms with Gasteiger partial charge in [0.05, 0.1) is 24.3 Å². The van der Waals surface area contributed by atoms with Crippen molar-refractivity contribution < 1.29 is 14.6 Å². The van der Waals surface area contributed by atoms with E-state index >= 15 is 0 Å². The van der Waals surface area contributed by atoms with Crippen LogP contribution in [0.5, 0.6) is 11.5 Å². The van der Waals surface area contributed by atoms with E-state index in [1.807, 2.05) is 0 Å². The molecule has 0 bridgehead atoms. The summed E-state index contributed by atoms with van der Waals surface area (Å²) < 4.78 is 11.2. The molecule has 2 fully saturated rings. The zero-order valence-electron chi connectivity index (χ0n) is 10.4. The molecule has 2 saturated carbocycles. The molecule has 3 nitrogen and oxygen atoms in total. The lowest BCUT2D eigenvalue weighted by molar-refractivity contribution is 0.144. The van der Waals surface area contributed by atoms with Gasteiger partial charge in [-0.1, -0.05) is 11.6 Å². The van der Waals surface area contributed by atoms with Crippen molar-refractivity contribution in [3.05, 3.63) is 22.7 Å². The number of benzene rings is 1. The van der Waals surface area contributed by atoms with Gasteiger partial charge in [0.25, 0.3) is 0 Å². The molecule has 0 unspecified atom stereocenters. The second-order valence-corrected chi connectivity index (χ2v) is 5.65. The topological polar surface area (TPSA) is 38.7 Å². The minimum Gasteiger partial charge on any atom is -0.493 e. The van der Waals surface area contributed by atoms with Crippen molar-refractivity contribution in [3.63, 3.8) is 0 Å². The molecule has 98 valence electrons. The van der Waals surface area contributed by atoms with Gasteiger partial charge in [0, 0.05) is 5.56 Å². The van der Waals surface area contributed by atoms with E-state index in [1.165, 1.54) is 12.8 Å². The fourth-order valence-electron chi connectivity index (χ4n) is 2.13. The van der Waals surface area contributed by atoms with Gasteiger partial charge in [-0.05, 0) is 43.7 Å². The quantitative estimate of drug-likeness (QED) is 0.892. The molecule has 0 atom stereocenters. The van der Waals surface area contributed by atoms with E-state index in [2.05, 4.69) is 0 Å². The van der Waals surface area contributed by atoms with Crippen molar-refractivity contribution >= 4 is 11.6 Å². The van der Waals surface area contributed by atoms with Crippen LogP contribution in [0.3, 0.4) is 0 Å². The predicted octanol–water partition coefficient (Wildman–Crippen LogP) is 3.12. The Kier molecular flexibility index (Phi) is 2.91. The zero-order chi connectivity index (χ0) is 12.8. The number of hydrogen-bond donors (Lipinski definition) is 1. The van der Waals surface area contributed by atoms with Crippen LogP contribution in [0.1, 0.15) is 31.2 Å². The predicted molar refractivity (Wildman–Crippen MR) is 69.4 cm³/mol. The van der Waals surface area contributed by atoms with Crippen LogP contribution in [0, 0.1) is 5.92 Å².